The number of rotatable bonds is 9. The van der Waals surface area contributed by atoms with Crippen molar-refractivity contribution in [2.45, 2.75) is 46.3 Å². The molecule has 0 aliphatic carbocycles. The zero-order valence-electron chi connectivity index (χ0n) is 22.4. The Morgan fingerprint density at radius 3 is 2.21 bits per heavy atom. The van der Waals surface area contributed by atoms with Crippen LogP contribution in [-0.2, 0) is 9.59 Å². The minimum atomic E-state index is -0.837. The highest BCUT2D eigenvalue weighted by molar-refractivity contribution is 6.51. The summed E-state index contributed by atoms with van der Waals surface area (Å²) in [6, 6.07) is 18.5. The maximum atomic E-state index is 13.4. The van der Waals surface area contributed by atoms with Gasteiger partial charge in [-0.2, -0.15) is 0 Å². The molecule has 0 radical (unpaired) electrons. The predicted molar refractivity (Wildman–Crippen MR) is 147 cm³/mol. The monoisotopic (exact) mass is 515 g/mol. The summed E-state index contributed by atoms with van der Waals surface area (Å²) in [5.41, 5.74) is 2.44. The van der Waals surface area contributed by atoms with Crippen molar-refractivity contribution in [2.75, 3.05) is 18.6 Å². The molecule has 1 aliphatic rings. The number of carbonyl (C=O) groups excluding carboxylic acids is 2. The van der Waals surface area contributed by atoms with Gasteiger partial charge >= 0.3 is 0 Å². The number of aliphatic hydroxyl groups excluding tert-OH is 1. The number of nitrogens with zero attached hydrogens (tertiary/aromatic N) is 1. The molecule has 4 rings (SSSR count). The molecule has 7 heteroatoms. The number of hydrogen-bond acceptors (Lipinski definition) is 6. The van der Waals surface area contributed by atoms with Gasteiger partial charge in [-0.3, -0.25) is 14.5 Å². The average Bonchev–Trinajstić information content (AvgIpc) is 3.18. The maximum absolute atomic E-state index is 13.4. The molecule has 1 fully saturated rings. The number of amides is 1. The van der Waals surface area contributed by atoms with Crippen LogP contribution in [0.25, 0.3) is 5.76 Å². The molecule has 1 saturated heterocycles. The number of anilines is 1. The van der Waals surface area contributed by atoms with Gasteiger partial charge in [0.05, 0.1) is 31.4 Å². The molecule has 1 N–H and O–H groups in total. The minimum Gasteiger partial charge on any atom is -0.507 e. The van der Waals surface area contributed by atoms with Gasteiger partial charge in [0.2, 0.25) is 0 Å². The van der Waals surface area contributed by atoms with Crippen LogP contribution in [0.1, 0.15) is 49.9 Å². The topological polar surface area (TPSA) is 85.3 Å². The third-order valence-electron chi connectivity index (χ3n) is 6.27. The first kappa shape index (κ1) is 26.8. The maximum Gasteiger partial charge on any atom is 0.300 e. The average molecular weight is 516 g/mol. The van der Waals surface area contributed by atoms with Crippen molar-refractivity contribution in [3.8, 4) is 17.2 Å². The van der Waals surface area contributed by atoms with Gasteiger partial charge in [0, 0.05) is 11.3 Å². The van der Waals surface area contributed by atoms with E-state index >= 15 is 0 Å². The molecule has 1 unspecified atom stereocenters. The van der Waals surface area contributed by atoms with Gasteiger partial charge in [-0.1, -0.05) is 19.1 Å². The first-order chi connectivity index (χ1) is 18.2. The SMILES string of the molecule is CCCOc1ccc(C2/C(=C(/O)c3ccc(OC(C)C)c(C)c3)C(=O)C(=O)N2c2ccc(OC)cc2)cc1. The van der Waals surface area contributed by atoms with E-state index in [1.165, 1.54) is 4.90 Å². The van der Waals surface area contributed by atoms with E-state index in [1.54, 1.807) is 61.7 Å². The summed E-state index contributed by atoms with van der Waals surface area (Å²) in [6.45, 7) is 8.36. The lowest BCUT2D eigenvalue weighted by Crippen LogP contribution is -2.29. The molecule has 3 aromatic rings. The second kappa shape index (κ2) is 11.4. The Morgan fingerprint density at radius 1 is 0.974 bits per heavy atom. The lowest BCUT2D eigenvalue weighted by atomic mass is 9.94. The Kier molecular flexibility index (Phi) is 8.05. The molecule has 198 valence electrons. The zero-order chi connectivity index (χ0) is 27.4. The lowest BCUT2D eigenvalue weighted by molar-refractivity contribution is -0.132. The highest BCUT2D eigenvalue weighted by atomic mass is 16.5. The number of benzene rings is 3. The Morgan fingerprint density at radius 2 is 1.63 bits per heavy atom. The van der Waals surface area contributed by atoms with E-state index in [0.29, 0.717) is 40.7 Å². The molecule has 0 aromatic heterocycles. The van der Waals surface area contributed by atoms with Crippen molar-refractivity contribution in [3.05, 3.63) is 89.0 Å². The van der Waals surface area contributed by atoms with Crippen molar-refractivity contribution < 1.29 is 28.9 Å². The van der Waals surface area contributed by atoms with Gasteiger partial charge in [0.1, 0.15) is 23.0 Å². The van der Waals surface area contributed by atoms with Crippen LogP contribution in [0.2, 0.25) is 0 Å². The Bertz CT molecular complexity index is 1340. The number of methoxy groups -OCH3 is 1. The number of Topliss-reactive ketones (excluding diaryl/α,β-unsaturated/α-hetero) is 1. The van der Waals surface area contributed by atoms with Gasteiger partial charge < -0.3 is 19.3 Å². The number of carbonyl (C=O) groups is 2. The van der Waals surface area contributed by atoms with Crippen molar-refractivity contribution >= 4 is 23.1 Å². The molecular formula is C31H33NO6. The molecule has 0 spiro atoms. The van der Waals surface area contributed by atoms with Crippen molar-refractivity contribution in [1.29, 1.82) is 0 Å². The van der Waals surface area contributed by atoms with Gasteiger partial charge in [-0.15, -0.1) is 0 Å². The van der Waals surface area contributed by atoms with Crippen LogP contribution < -0.4 is 19.1 Å². The standard InChI is InChI=1S/C31H33NO6/c1-6-17-37-25-12-7-21(8-13-25)28-27(29(33)22-9-16-26(20(4)18-22)38-19(2)3)30(34)31(35)32(28)23-10-14-24(36-5)15-11-23/h7-16,18-19,28,33H,6,17H2,1-5H3/b29-27-. The van der Waals surface area contributed by atoms with Crippen LogP contribution >= 0.6 is 0 Å². The predicted octanol–water partition coefficient (Wildman–Crippen LogP) is 6.21. The third kappa shape index (κ3) is 5.37. The van der Waals surface area contributed by atoms with Crippen LogP contribution in [0, 0.1) is 6.92 Å². The summed E-state index contributed by atoms with van der Waals surface area (Å²) in [7, 11) is 1.56. The molecule has 0 saturated carbocycles. The largest absolute Gasteiger partial charge is 0.507 e. The summed E-state index contributed by atoms with van der Waals surface area (Å²) < 4.78 is 16.8. The van der Waals surface area contributed by atoms with Crippen LogP contribution in [0.5, 0.6) is 17.2 Å². The van der Waals surface area contributed by atoms with Gasteiger partial charge in [-0.25, -0.2) is 0 Å². The number of ether oxygens (including phenoxy) is 3. The Labute approximate surface area is 223 Å². The quantitative estimate of drug-likeness (QED) is 0.207. The lowest BCUT2D eigenvalue weighted by Gasteiger charge is -2.26. The van der Waals surface area contributed by atoms with Crippen LogP contribution in [0.15, 0.2) is 72.3 Å². The fourth-order valence-corrected chi connectivity index (χ4v) is 4.46. The van der Waals surface area contributed by atoms with E-state index in [-0.39, 0.29) is 17.4 Å². The van der Waals surface area contributed by atoms with Crippen LogP contribution in [-0.4, -0.2) is 36.6 Å². The zero-order valence-corrected chi connectivity index (χ0v) is 22.4. The first-order valence-electron chi connectivity index (χ1n) is 12.7. The molecular weight excluding hydrogens is 482 g/mol. The smallest absolute Gasteiger partial charge is 0.300 e. The third-order valence-corrected chi connectivity index (χ3v) is 6.27. The van der Waals surface area contributed by atoms with Crippen molar-refractivity contribution in [3.63, 3.8) is 0 Å². The second-order valence-electron chi connectivity index (χ2n) is 9.43. The molecule has 1 amide bonds. The number of hydrogen-bond donors (Lipinski definition) is 1. The summed E-state index contributed by atoms with van der Waals surface area (Å²) in [5.74, 6) is 0.287. The van der Waals surface area contributed by atoms with E-state index in [2.05, 4.69) is 0 Å². The summed E-state index contributed by atoms with van der Waals surface area (Å²) >= 11 is 0. The fraction of sp³-hybridized carbons (Fsp3) is 0.290. The number of aliphatic hydroxyl groups is 1. The van der Waals surface area contributed by atoms with E-state index in [9.17, 15) is 14.7 Å². The van der Waals surface area contributed by atoms with Crippen LogP contribution in [0.4, 0.5) is 5.69 Å². The fourth-order valence-electron chi connectivity index (χ4n) is 4.46. The number of aryl methyl sites for hydroxylation is 1. The molecule has 38 heavy (non-hydrogen) atoms. The highest BCUT2D eigenvalue weighted by Crippen LogP contribution is 2.43. The van der Waals surface area contributed by atoms with Gasteiger partial charge in [-0.05, 0) is 92.9 Å². The summed E-state index contributed by atoms with van der Waals surface area (Å²) in [4.78, 5) is 28.2. The van der Waals surface area contributed by atoms with E-state index in [0.717, 1.165) is 12.0 Å². The highest BCUT2D eigenvalue weighted by Gasteiger charge is 2.47. The molecule has 3 aromatic carbocycles. The van der Waals surface area contributed by atoms with E-state index < -0.39 is 17.7 Å². The van der Waals surface area contributed by atoms with E-state index in [4.69, 9.17) is 14.2 Å². The van der Waals surface area contributed by atoms with Crippen molar-refractivity contribution in [1.82, 2.24) is 0 Å². The first-order valence-corrected chi connectivity index (χ1v) is 12.7. The Balaban J connectivity index is 1.84. The normalized spacial score (nSPS) is 16.7. The second-order valence-corrected chi connectivity index (χ2v) is 9.43. The molecule has 1 aliphatic heterocycles. The van der Waals surface area contributed by atoms with Gasteiger partial charge in [0.15, 0.2) is 0 Å². The van der Waals surface area contributed by atoms with Crippen LogP contribution in [0.3, 0.4) is 0 Å². The van der Waals surface area contributed by atoms with Gasteiger partial charge in [0.25, 0.3) is 11.7 Å². The molecule has 1 heterocycles. The van der Waals surface area contributed by atoms with E-state index in [1.807, 2.05) is 39.8 Å². The molecule has 7 nitrogen and oxygen atoms in total. The molecule has 1 atom stereocenters. The molecule has 0 bridgehead atoms. The summed E-state index contributed by atoms with van der Waals surface area (Å²) in [6.07, 6.45) is 0.868. The minimum absolute atomic E-state index is 0.00718. The van der Waals surface area contributed by atoms with Crippen molar-refractivity contribution in [2.24, 2.45) is 0 Å². The Hall–Kier alpha value is -4.26. The number of ketones is 1. The summed E-state index contributed by atoms with van der Waals surface area (Å²) in [5, 5.41) is 11.4.